The van der Waals surface area contributed by atoms with Crippen molar-refractivity contribution in [1.29, 1.82) is 0 Å². The summed E-state index contributed by atoms with van der Waals surface area (Å²) < 4.78 is 15.3. The molecule has 0 unspecified atom stereocenters. The molecule has 0 bridgehead atoms. The van der Waals surface area contributed by atoms with Crippen LogP contribution in [0.2, 0.25) is 0 Å². The van der Waals surface area contributed by atoms with Crippen LogP contribution in [0.1, 0.15) is 5.56 Å². The molecular weight excluding hydrogens is 239 g/mol. The Hall–Kier alpha value is -0.250. The van der Waals surface area contributed by atoms with E-state index >= 15 is 0 Å². The lowest BCUT2D eigenvalue weighted by atomic mass is 10.2. The summed E-state index contributed by atoms with van der Waals surface area (Å²) in [6.45, 7) is 0. The van der Waals surface area contributed by atoms with Crippen molar-refractivity contribution in [3.05, 3.63) is 29.6 Å². The second kappa shape index (κ2) is 4.09. The lowest BCUT2D eigenvalue weighted by molar-refractivity contribution is 0.623. The van der Waals surface area contributed by atoms with Gasteiger partial charge in [-0.1, -0.05) is 12.1 Å². The van der Waals surface area contributed by atoms with Gasteiger partial charge in [0, 0.05) is 16.0 Å². The molecule has 0 aliphatic rings. The fraction of sp³-hybridized carbons (Fsp3) is 0.200. The van der Waals surface area contributed by atoms with Gasteiger partial charge in [0.15, 0.2) is 5.82 Å². The summed E-state index contributed by atoms with van der Waals surface area (Å²) in [6, 6.07) is 5.63. The van der Waals surface area contributed by atoms with Gasteiger partial charge >= 0.3 is 0 Å². The Bertz CT molecular complexity index is 464. The minimum absolute atomic E-state index is 0.0985. The average molecular weight is 247 g/mol. The van der Waals surface area contributed by atoms with E-state index in [0.717, 1.165) is 14.5 Å². The summed E-state index contributed by atoms with van der Waals surface area (Å²) in [5.41, 5.74) is 1.04. The third-order valence-electron chi connectivity index (χ3n) is 2.00. The normalized spacial score (nSPS) is 11.1. The molecule has 1 heterocycles. The third-order valence-corrected chi connectivity index (χ3v) is 4.53. The molecule has 4 heteroatoms. The van der Waals surface area contributed by atoms with Crippen molar-refractivity contribution in [3.63, 3.8) is 0 Å². The largest absolute Gasteiger partial charge is 0.204 e. The highest BCUT2D eigenvalue weighted by Crippen LogP contribution is 2.36. The van der Waals surface area contributed by atoms with Gasteiger partial charge in [-0.25, -0.2) is 4.39 Å². The van der Waals surface area contributed by atoms with Crippen LogP contribution in [0.25, 0.3) is 10.1 Å². The van der Waals surface area contributed by atoms with Gasteiger partial charge in [0.1, 0.15) is 0 Å². The van der Waals surface area contributed by atoms with E-state index in [2.05, 4.69) is 0 Å². The van der Waals surface area contributed by atoms with E-state index < -0.39 is 0 Å². The van der Waals surface area contributed by atoms with Gasteiger partial charge < -0.3 is 0 Å². The van der Waals surface area contributed by atoms with Crippen LogP contribution in [-0.4, -0.2) is 6.26 Å². The zero-order valence-corrected chi connectivity index (χ0v) is 9.90. The first kappa shape index (κ1) is 10.3. The first-order valence-corrected chi connectivity index (χ1v) is 6.64. The molecule has 74 valence electrons. The predicted octanol–water partition coefficient (Wildman–Crippen LogP) is 4.50. The zero-order valence-electron chi connectivity index (χ0n) is 7.51. The molecule has 1 aromatic carbocycles. The van der Waals surface area contributed by atoms with E-state index in [4.69, 9.17) is 11.6 Å². The van der Waals surface area contributed by atoms with Crippen molar-refractivity contribution in [3.8, 4) is 0 Å². The minimum atomic E-state index is -0.0985. The highest BCUT2D eigenvalue weighted by atomic mass is 35.5. The van der Waals surface area contributed by atoms with Crippen molar-refractivity contribution in [2.75, 3.05) is 6.26 Å². The van der Waals surface area contributed by atoms with Crippen LogP contribution in [0.4, 0.5) is 4.39 Å². The van der Waals surface area contributed by atoms with Crippen LogP contribution >= 0.6 is 34.7 Å². The van der Waals surface area contributed by atoms with E-state index in [1.54, 1.807) is 6.07 Å². The molecule has 0 fully saturated rings. The molecule has 0 saturated heterocycles. The Morgan fingerprint density at radius 3 is 2.93 bits per heavy atom. The van der Waals surface area contributed by atoms with Crippen LogP contribution < -0.4 is 0 Å². The van der Waals surface area contributed by atoms with Crippen molar-refractivity contribution >= 4 is 44.8 Å². The van der Waals surface area contributed by atoms with Crippen molar-refractivity contribution in [2.45, 2.75) is 10.1 Å². The number of alkyl halides is 1. The van der Waals surface area contributed by atoms with E-state index in [1.807, 2.05) is 18.4 Å². The highest BCUT2D eigenvalue weighted by Gasteiger charge is 2.10. The second-order valence-corrected chi connectivity index (χ2v) is 5.27. The molecule has 0 spiro atoms. The number of thiophene rings is 1. The summed E-state index contributed by atoms with van der Waals surface area (Å²) in [6.07, 6.45) is 1.89. The number of hydrogen-bond acceptors (Lipinski definition) is 2. The quantitative estimate of drug-likeness (QED) is 0.555. The molecule has 0 atom stereocenters. The van der Waals surface area contributed by atoms with Gasteiger partial charge in [-0.15, -0.1) is 34.7 Å². The molecule has 0 aliphatic heterocycles. The first-order valence-electron chi connectivity index (χ1n) is 4.07. The maximum Gasteiger partial charge on any atom is 0.155 e. The van der Waals surface area contributed by atoms with Crippen LogP contribution in [0, 0.1) is 5.82 Å². The second-order valence-electron chi connectivity index (χ2n) is 2.87. The van der Waals surface area contributed by atoms with Crippen molar-refractivity contribution < 1.29 is 4.39 Å². The summed E-state index contributed by atoms with van der Waals surface area (Å²) in [5, 5.41) is 0.702. The fourth-order valence-electron chi connectivity index (χ4n) is 1.30. The Morgan fingerprint density at radius 2 is 2.29 bits per heavy atom. The number of halogens is 2. The molecule has 0 radical (unpaired) electrons. The van der Waals surface area contributed by atoms with E-state index in [9.17, 15) is 4.39 Å². The molecule has 0 saturated carbocycles. The average Bonchev–Trinajstić information content (AvgIpc) is 2.55. The summed E-state index contributed by atoms with van der Waals surface area (Å²) in [4.78, 5) is 0. The highest BCUT2D eigenvalue weighted by molar-refractivity contribution is 8.00. The van der Waals surface area contributed by atoms with Gasteiger partial charge in [0.25, 0.3) is 0 Å². The fourth-order valence-corrected chi connectivity index (χ4v) is 3.24. The number of benzene rings is 1. The Labute approximate surface area is 95.1 Å². The van der Waals surface area contributed by atoms with Gasteiger partial charge in [-0.3, -0.25) is 0 Å². The Balaban J connectivity index is 2.66. The molecule has 0 nitrogen and oxygen atoms in total. The number of hydrogen-bond donors (Lipinski definition) is 0. The Morgan fingerprint density at radius 1 is 1.50 bits per heavy atom. The van der Waals surface area contributed by atoms with Crippen LogP contribution in [0.15, 0.2) is 22.4 Å². The van der Waals surface area contributed by atoms with Gasteiger partial charge in [-0.05, 0) is 17.9 Å². The SMILES string of the molecule is CSc1sc2cc(CCl)ccc2c1F. The summed E-state index contributed by atoms with van der Waals surface area (Å²) in [5.74, 6) is 0.378. The molecule has 0 aliphatic carbocycles. The lowest BCUT2D eigenvalue weighted by Gasteiger charge is -1.94. The smallest absolute Gasteiger partial charge is 0.155 e. The topological polar surface area (TPSA) is 0 Å². The number of fused-ring (bicyclic) bond motifs is 1. The summed E-state index contributed by atoms with van der Waals surface area (Å²) in [7, 11) is 0. The van der Waals surface area contributed by atoms with Gasteiger partial charge in [-0.2, -0.15) is 0 Å². The standard InChI is InChI=1S/C10H8ClFS2/c1-13-10-9(12)7-3-2-6(5-11)4-8(7)14-10/h2-4H,5H2,1H3. The minimum Gasteiger partial charge on any atom is -0.204 e. The van der Waals surface area contributed by atoms with E-state index in [-0.39, 0.29) is 5.82 Å². The molecule has 2 rings (SSSR count). The van der Waals surface area contributed by atoms with Crippen LogP contribution in [0.3, 0.4) is 0 Å². The Kier molecular flexibility index (Phi) is 3.00. The molecule has 1 aromatic heterocycles. The first-order chi connectivity index (χ1) is 6.76. The van der Waals surface area contributed by atoms with Crippen molar-refractivity contribution in [2.24, 2.45) is 0 Å². The molecule has 0 amide bonds. The van der Waals surface area contributed by atoms with Crippen LogP contribution in [0.5, 0.6) is 0 Å². The molecule has 0 N–H and O–H groups in total. The third kappa shape index (κ3) is 1.64. The van der Waals surface area contributed by atoms with Gasteiger partial charge in [0.05, 0.1) is 4.21 Å². The van der Waals surface area contributed by atoms with Crippen molar-refractivity contribution in [1.82, 2.24) is 0 Å². The molecule has 2 aromatic rings. The van der Waals surface area contributed by atoms with Gasteiger partial charge in [0.2, 0.25) is 0 Å². The monoisotopic (exact) mass is 246 g/mol. The van der Waals surface area contributed by atoms with Crippen LogP contribution in [-0.2, 0) is 5.88 Å². The predicted molar refractivity (Wildman–Crippen MR) is 63.1 cm³/mol. The number of rotatable bonds is 2. The number of thioether (sulfide) groups is 1. The summed E-state index contributed by atoms with van der Waals surface area (Å²) >= 11 is 8.64. The van der Waals surface area contributed by atoms with E-state index in [0.29, 0.717) is 11.3 Å². The molecular formula is C10H8ClFS2. The molecule has 14 heavy (non-hydrogen) atoms. The van der Waals surface area contributed by atoms with E-state index in [1.165, 1.54) is 23.1 Å². The lowest BCUT2D eigenvalue weighted by Crippen LogP contribution is -1.76. The maximum atomic E-state index is 13.6. The zero-order chi connectivity index (χ0) is 10.1. The maximum absolute atomic E-state index is 13.6.